The molecule has 118 valence electrons. The number of epoxide rings is 1. The molecule has 7 rings (SSSR count). The highest BCUT2D eigenvalue weighted by Crippen LogP contribution is 2.84. The van der Waals surface area contributed by atoms with Crippen molar-refractivity contribution in [2.45, 2.75) is 37.9 Å². The lowest BCUT2D eigenvalue weighted by atomic mass is 9.77. The molecule has 6 aliphatic carbocycles. The highest BCUT2D eigenvalue weighted by Gasteiger charge is 2.83. The Kier molecular flexibility index (Phi) is 1.94. The second kappa shape index (κ2) is 3.62. The summed E-state index contributed by atoms with van der Waals surface area (Å²) in [4.78, 5) is 0. The largest absolute Gasteiger partial charge is 0.369 e. The summed E-state index contributed by atoms with van der Waals surface area (Å²) in [6.07, 6.45) is 5.28. The second-order valence-electron chi connectivity index (χ2n) is 9.73. The number of nitrogens with zero attached hydrogens (tertiary/aromatic N) is 2. The summed E-state index contributed by atoms with van der Waals surface area (Å²) < 4.78 is 6.21. The molecule has 1 aliphatic heterocycles. The number of fused-ring (bicyclic) bond motifs is 6. The molecule has 6 saturated carbocycles. The lowest BCUT2D eigenvalue weighted by Crippen LogP contribution is -2.27. The Morgan fingerprint density at radius 2 is 1.13 bits per heavy atom. The molecule has 7 fully saturated rings. The van der Waals surface area contributed by atoms with Crippen LogP contribution < -0.4 is 0 Å². The van der Waals surface area contributed by atoms with E-state index in [1.165, 1.54) is 12.8 Å². The molecule has 0 N–H and O–H groups in total. The average molecular weight is 306 g/mol. The van der Waals surface area contributed by atoms with Crippen molar-refractivity contribution in [3.8, 4) is 12.1 Å². The maximum atomic E-state index is 9.32. The predicted octanol–water partition coefficient (Wildman–Crippen LogP) is 2.84. The first kappa shape index (κ1) is 12.3. The first-order valence-corrected chi connectivity index (χ1v) is 9.74. The average Bonchev–Trinajstić information content (AvgIpc) is 2.95. The van der Waals surface area contributed by atoms with Gasteiger partial charge in [-0.2, -0.15) is 10.5 Å². The monoisotopic (exact) mass is 306 g/mol. The summed E-state index contributed by atoms with van der Waals surface area (Å²) in [6.45, 7) is 0. The van der Waals surface area contributed by atoms with Gasteiger partial charge in [-0.25, -0.2) is 0 Å². The Bertz CT molecular complexity index is 635. The minimum absolute atomic E-state index is 0.545. The molecule has 7 aliphatic rings. The highest BCUT2D eigenvalue weighted by atomic mass is 16.6. The van der Waals surface area contributed by atoms with E-state index >= 15 is 0 Å². The van der Waals surface area contributed by atoms with E-state index < -0.39 is 0 Å². The first-order valence-electron chi connectivity index (χ1n) is 9.74. The Morgan fingerprint density at radius 1 is 0.652 bits per heavy atom. The molecule has 3 heteroatoms. The van der Waals surface area contributed by atoms with Crippen molar-refractivity contribution in [1.82, 2.24) is 0 Å². The lowest BCUT2D eigenvalue weighted by molar-refractivity contribution is 0.104. The van der Waals surface area contributed by atoms with Crippen molar-refractivity contribution in [2.75, 3.05) is 0 Å². The van der Waals surface area contributed by atoms with E-state index in [4.69, 9.17) is 4.74 Å². The molecule has 0 radical (unpaired) electrons. The van der Waals surface area contributed by atoms with Gasteiger partial charge in [-0.1, -0.05) is 0 Å². The Hall–Kier alpha value is -1.06. The van der Waals surface area contributed by atoms with E-state index in [9.17, 15) is 10.5 Å². The van der Waals surface area contributed by atoms with E-state index in [1.54, 1.807) is 0 Å². The van der Waals surface area contributed by atoms with E-state index in [2.05, 4.69) is 12.1 Å². The summed E-state index contributed by atoms with van der Waals surface area (Å²) in [6, 6.07) is 5.00. The normalized spacial score (nSPS) is 70.3. The standard InChI is InChI=1S/C20H22N2O/c21-3-1-7-5-9-10-6-8(2-4-22)12-14(10)15-13(9)11(7)17-16(15)18(12)20-19(17)23-20/h7-20H,1-2,5-6H2/t7-,8-,9-,10-,11-,12+,13-,14+,15?,16?,17+,18-,19+,20+/m0/s1. The van der Waals surface area contributed by atoms with Crippen LogP contribution in [-0.2, 0) is 4.74 Å². The van der Waals surface area contributed by atoms with Gasteiger partial charge in [0.2, 0.25) is 0 Å². The molecule has 0 aromatic rings. The van der Waals surface area contributed by atoms with Crippen molar-refractivity contribution in [3.63, 3.8) is 0 Å². The third-order valence-electron chi connectivity index (χ3n) is 9.80. The van der Waals surface area contributed by atoms with Crippen LogP contribution in [0.1, 0.15) is 25.7 Å². The van der Waals surface area contributed by atoms with Gasteiger partial charge in [-0.3, -0.25) is 0 Å². The van der Waals surface area contributed by atoms with Crippen molar-refractivity contribution >= 4 is 0 Å². The summed E-state index contributed by atoms with van der Waals surface area (Å²) in [5.74, 6) is 10.0. The number of rotatable bonds is 2. The maximum absolute atomic E-state index is 9.32. The maximum Gasteiger partial charge on any atom is 0.0878 e. The van der Waals surface area contributed by atoms with Crippen molar-refractivity contribution < 1.29 is 4.74 Å². The van der Waals surface area contributed by atoms with E-state index in [0.717, 1.165) is 72.0 Å². The summed E-state index contributed by atoms with van der Waals surface area (Å²) in [5, 5.41) is 18.6. The van der Waals surface area contributed by atoms with Crippen LogP contribution in [0.3, 0.4) is 0 Å². The minimum atomic E-state index is 0.545. The zero-order valence-corrected chi connectivity index (χ0v) is 13.2. The molecule has 0 aromatic heterocycles. The Balaban J connectivity index is 1.39. The summed E-state index contributed by atoms with van der Waals surface area (Å²) in [5.41, 5.74) is 0. The molecule has 1 heterocycles. The first-order chi connectivity index (χ1) is 11.3. The molecule has 1 saturated heterocycles. The fourth-order valence-electron chi connectivity index (χ4n) is 10.0. The third-order valence-corrected chi connectivity index (χ3v) is 9.80. The van der Waals surface area contributed by atoms with E-state index in [0.29, 0.717) is 24.0 Å². The number of hydrogen-bond acceptors (Lipinski definition) is 3. The zero-order chi connectivity index (χ0) is 15.0. The van der Waals surface area contributed by atoms with Crippen molar-refractivity contribution in [2.24, 2.45) is 71.0 Å². The van der Waals surface area contributed by atoms with Crippen LogP contribution in [0.5, 0.6) is 0 Å². The number of ether oxygens (including phenoxy) is 1. The van der Waals surface area contributed by atoms with Crippen LogP contribution in [0.4, 0.5) is 0 Å². The molecule has 0 spiro atoms. The van der Waals surface area contributed by atoms with Crippen LogP contribution in [0.2, 0.25) is 0 Å². The van der Waals surface area contributed by atoms with Gasteiger partial charge in [0.25, 0.3) is 0 Å². The highest BCUT2D eigenvalue weighted by molar-refractivity contribution is 5.30. The minimum Gasteiger partial charge on any atom is -0.369 e. The van der Waals surface area contributed by atoms with Crippen LogP contribution in [-0.4, -0.2) is 12.2 Å². The SMILES string of the molecule is N#CC[C@H]1C[C@H]2[C@@H]3C[C@H](CC#N)[C@@H]4[C@@H]3C3C5[C@H]([C@H]6O[C@@H]6[C@H]54)[C@@H]1[C@@H]32. The van der Waals surface area contributed by atoms with Gasteiger partial charge in [0.15, 0.2) is 0 Å². The van der Waals surface area contributed by atoms with Crippen molar-refractivity contribution in [3.05, 3.63) is 0 Å². The molecular weight excluding hydrogens is 284 g/mol. The fourth-order valence-corrected chi connectivity index (χ4v) is 10.0. The van der Waals surface area contributed by atoms with Crippen LogP contribution in [0, 0.1) is 93.7 Å². The van der Waals surface area contributed by atoms with Gasteiger partial charge in [-0.05, 0) is 83.9 Å². The van der Waals surface area contributed by atoms with Crippen LogP contribution >= 0.6 is 0 Å². The van der Waals surface area contributed by atoms with Crippen LogP contribution in [0.25, 0.3) is 0 Å². The number of nitriles is 2. The molecule has 14 atom stereocenters. The van der Waals surface area contributed by atoms with Gasteiger partial charge in [0.1, 0.15) is 0 Å². The molecule has 0 amide bonds. The van der Waals surface area contributed by atoms with Gasteiger partial charge < -0.3 is 4.74 Å². The van der Waals surface area contributed by atoms with E-state index in [1.807, 2.05) is 0 Å². The molecule has 0 aromatic carbocycles. The van der Waals surface area contributed by atoms with E-state index in [-0.39, 0.29) is 0 Å². The lowest BCUT2D eigenvalue weighted by Gasteiger charge is -2.29. The summed E-state index contributed by atoms with van der Waals surface area (Å²) in [7, 11) is 0. The molecule has 3 nitrogen and oxygen atoms in total. The fraction of sp³-hybridized carbons (Fsp3) is 0.900. The Labute approximate surface area is 137 Å². The molecular formula is C20H22N2O. The quantitative estimate of drug-likeness (QED) is 0.737. The smallest absolute Gasteiger partial charge is 0.0878 e. The third kappa shape index (κ3) is 1.09. The molecule has 2 unspecified atom stereocenters. The molecule has 23 heavy (non-hydrogen) atoms. The van der Waals surface area contributed by atoms with Gasteiger partial charge >= 0.3 is 0 Å². The zero-order valence-electron chi connectivity index (χ0n) is 13.2. The van der Waals surface area contributed by atoms with Gasteiger partial charge in [0.05, 0.1) is 24.3 Å². The van der Waals surface area contributed by atoms with Gasteiger partial charge in [-0.15, -0.1) is 0 Å². The topological polar surface area (TPSA) is 60.1 Å². The van der Waals surface area contributed by atoms with Gasteiger partial charge in [0, 0.05) is 12.8 Å². The predicted molar refractivity (Wildman–Crippen MR) is 80.2 cm³/mol. The van der Waals surface area contributed by atoms with Crippen molar-refractivity contribution in [1.29, 1.82) is 10.5 Å². The number of hydrogen-bond donors (Lipinski definition) is 0. The Morgan fingerprint density at radius 3 is 1.61 bits per heavy atom. The van der Waals surface area contributed by atoms with Crippen LogP contribution in [0.15, 0.2) is 0 Å². The second-order valence-corrected chi connectivity index (χ2v) is 9.73. The molecule has 0 bridgehead atoms. The summed E-state index contributed by atoms with van der Waals surface area (Å²) >= 11 is 0.